The van der Waals surface area contributed by atoms with Crippen molar-refractivity contribution < 1.29 is 26.7 Å². The van der Waals surface area contributed by atoms with Crippen LogP contribution in [0.5, 0.6) is 5.75 Å². The highest BCUT2D eigenvalue weighted by molar-refractivity contribution is 7.92. The smallest absolute Gasteiger partial charge is 0.353 e. The van der Waals surface area contributed by atoms with Gasteiger partial charge in [0.15, 0.2) is 0 Å². The van der Waals surface area contributed by atoms with Gasteiger partial charge in [-0.05, 0) is 31.0 Å². The summed E-state index contributed by atoms with van der Waals surface area (Å²) < 4.78 is 60.2. The summed E-state index contributed by atoms with van der Waals surface area (Å²) in [5, 5.41) is 5.85. The minimum Gasteiger partial charge on any atom is -0.495 e. The van der Waals surface area contributed by atoms with Gasteiger partial charge in [0.05, 0.1) is 25.2 Å². The fraction of sp³-hybridized carbons (Fsp3) is 0.389. The van der Waals surface area contributed by atoms with Crippen LogP contribution in [-0.4, -0.2) is 55.0 Å². The number of carbonyl (C=O) groups excluding carboxylic acids is 1. The van der Waals surface area contributed by atoms with Gasteiger partial charge in [-0.25, -0.2) is 13.2 Å². The number of sulfone groups is 1. The van der Waals surface area contributed by atoms with Crippen molar-refractivity contribution in [3.8, 4) is 5.75 Å². The number of hydrogen-bond acceptors (Lipinski definition) is 6. The molecule has 29 heavy (non-hydrogen) atoms. The maximum Gasteiger partial charge on any atom is 0.353 e. The molecule has 11 heteroatoms. The normalized spacial score (nSPS) is 15.8. The zero-order chi connectivity index (χ0) is 21.1. The molecule has 0 radical (unpaired) electrons. The molecule has 0 atom stereocenters. The largest absolute Gasteiger partial charge is 0.495 e. The molecule has 1 aliphatic heterocycles. The summed E-state index contributed by atoms with van der Waals surface area (Å²) in [7, 11) is -3.74. The number of halogens is 2. The first-order chi connectivity index (χ1) is 13.8. The van der Waals surface area contributed by atoms with Gasteiger partial charge in [0.1, 0.15) is 10.6 Å². The second-order valence-corrected chi connectivity index (χ2v) is 8.53. The molecule has 156 valence electrons. The third kappa shape index (κ3) is 4.14. The third-order valence-corrected chi connectivity index (χ3v) is 6.78. The minimum atomic E-state index is -4.96. The summed E-state index contributed by atoms with van der Waals surface area (Å²) in [4.78, 5) is 13.1. The van der Waals surface area contributed by atoms with E-state index in [4.69, 9.17) is 4.74 Å². The Morgan fingerprint density at radius 1 is 1.21 bits per heavy atom. The van der Waals surface area contributed by atoms with Gasteiger partial charge >= 0.3 is 11.3 Å². The van der Waals surface area contributed by atoms with Crippen molar-refractivity contribution >= 4 is 21.6 Å². The number of hydrogen-bond donors (Lipinski definition) is 1. The number of aromatic nitrogens is 2. The molecular weight excluding hydrogens is 406 g/mol. The van der Waals surface area contributed by atoms with Crippen molar-refractivity contribution in [3.05, 3.63) is 42.7 Å². The van der Waals surface area contributed by atoms with E-state index in [-0.39, 0.29) is 31.7 Å². The van der Waals surface area contributed by atoms with Crippen LogP contribution in [0.1, 0.15) is 12.8 Å². The Bertz CT molecular complexity index is 965. The minimum absolute atomic E-state index is 0.00600. The second-order valence-electron chi connectivity index (χ2n) is 6.54. The quantitative estimate of drug-likeness (QED) is 0.789. The number of para-hydroxylation sites is 1. The van der Waals surface area contributed by atoms with E-state index >= 15 is 0 Å². The Labute approximate surface area is 166 Å². The Hall–Kier alpha value is -2.82. The molecule has 3 rings (SSSR count). The first-order valence-electron chi connectivity index (χ1n) is 8.85. The number of methoxy groups -OCH3 is 1. The molecule has 0 unspecified atom stereocenters. The van der Waals surface area contributed by atoms with Crippen LogP contribution in [0.4, 0.5) is 19.3 Å². The molecule has 1 aromatic carbocycles. The van der Waals surface area contributed by atoms with Crippen LogP contribution in [0.3, 0.4) is 0 Å². The molecule has 0 bridgehead atoms. The summed E-state index contributed by atoms with van der Waals surface area (Å²) >= 11 is 0. The maximum atomic E-state index is 15.0. The van der Waals surface area contributed by atoms with Crippen molar-refractivity contribution in [3.63, 3.8) is 0 Å². The van der Waals surface area contributed by atoms with Gasteiger partial charge < -0.3 is 15.0 Å². The van der Waals surface area contributed by atoms with E-state index in [9.17, 15) is 22.0 Å². The van der Waals surface area contributed by atoms with Gasteiger partial charge in [0.25, 0.3) is 0 Å². The molecule has 1 aliphatic rings. The maximum absolute atomic E-state index is 15.0. The second kappa shape index (κ2) is 8.27. The lowest BCUT2D eigenvalue weighted by molar-refractivity contribution is 0.000317. The average Bonchev–Trinajstić information content (AvgIpc) is 2.74. The van der Waals surface area contributed by atoms with Crippen LogP contribution in [0.2, 0.25) is 0 Å². The van der Waals surface area contributed by atoms with Crippen LogP contribution in [0.25, 0.3) is 0 Å². The van der Waals surface area contributed by atoms with E-state index in [1.807, 2.05) is 0 Å². The van der Waals surface area contributed by atoms with Crippen LogP contribution in [0.15, 0.2) is 47.6 Å². The number of rotatable bonds is 5. The summed E-state index contributed by atoms with van der Waals surface area (Å²) in [5.74, 6) is -1.54. The number of nitrogens with one attached hydrogen (secondary N) is 1. The lowest BCUT2D eigenvalue weighted by Gasteiger charge is -2.35. The summed E-state index contributed by atoms with van der Waals surface area (Å²) in [6.45, 7) is 0.0120. The number of alkyl halides is 2. The highest BCUT2D eigenvalue weighted by Crippen LogP contribution is 2.43. The number of nitrogens with zero attached hydrogens (tertiary/aromatic N) is 3. The number of piperidine rings is 1. The molecule has 0 saturated carbocycles. The Morgan fingerprint density at radius 3 is 2.52 bits per heavy atom. The van der Waals surface area contributed by atoms with Gasteiger partial charge in [0, 0.05) is 19.0 Å². The highest BCUT2D eigenvalue weighted by Gasteiger charge is 2.54. The fourth-order valence-corrected chi connectivity index (χ4v) is 4.83. The number of ether oxygens (including phenoxy) is 1. The standard InChI is InChI=1S/C18H20F2N4O4S/c1-28-15-4-2-3-5-16(15)29(26,27)18(19,20)13-7-10-24(11-8-13)17(25)23-14-6-9-21-22-12-14/h2-6,9,12-13H,7-8,10-11H2,1H3,(H,21,23,25). The van der Waals surface area contributed by atoms with E-state index in [1.165, 1.54) is 42.6 Å². The van der Waals surface area contributed by atoms with Gasteiger partial charge in [0.2, 0.25) is 9.84 Å². The zero-order valence-corrected chi connectivity index (χ0v) is 16.4. The van der Waals surface area contributed by atoms with Crippen LogP contribution >= 0.6 is 0 Å². The predicted molar refractivity (Wildman–Crippen MR) is 100 cm³/mol. The topological polar surface area (TPSA) is 101 Å². The summed E-state index contributed by atoms with van der Waals surface area (Å²) in [6.07, 6.45) is 2.47. The molecular formula is C18H20F2N4O4S. The van der Waals surface area contributed by atoms with Gasteiger partial charge in [-0.2, -0.15) is 19.0 Å². The molecule has 1 N–H and O–H groups in total. The van der Waals surface area contributed by atoms with Crippen molar-refractivity contribution in [2.24, 2.45) is 5.92 Å². The first-order valence-corrected chi connectivity index (χ1v) is 10.3. The van der Waals surface area contributed by atoms with Crippen LogP contribution in [-0.2, 0) is 9.84 Å². The molecule has 1 aromatic heterocycles. The molecule has 2 heterocycles. The van der Waals surface area contributed by atoms with E-state index in [0.29, 0.717) is 5.69 Å². The monoisotopic (exact) mass is 426 g/mol. The van der Waals surface area contributed by atoms with Crippen molar-refractivity contribution in [2.75, 3.05) is 25.5 Å². The number of amides is 2. The van der Waals surface area contributed by atoms with E-state index in [1.54, 1.807) is 6.07 Å². The third-order valence-electron chi connectivity index (χ3n) is 4.81. The molecule has 2 amide bonds. The van der Waals surface area contributed by atoms with E-state index in [2.05, 4.69) is 15.5 Å². The molecule has 0 spiro atoms. The summed E-state index contributed by atoms with van der Waals surface area (Å²) in [5.41, 5.74) is 0.427. The average molecular weight is 426 g/mol. The van der Waals surface area contributed by atoms with Crippen molar-refractivity contribution in [1.29, 1.82) is 0 Å². The van der Waals surface area contributed by atoms with Crippen LogP contribution in [0, 0.1) is 5.92 Å². The number of urea groups is 1. The Kier molecular flexibility index (Phi) is 5.96. The van der Waals surface area contributed by atoms with Gasteiger partial charge in [-0.15, -0.1) is 0 Å². The first kappa shape index (κ1) is 20.9. The van der Waals surface area contributed by atoms with Crippen molar-refractivity contribution in [2.45, 2.75) is 23.0 Å². The zero-order valence-electron chi connectivity index (χ0n) is 15.6. The SMILES string of the molecule is COc1ccccc1S(=O)(=O)C(F)(F)C1CCN(C(=O)Nc2ccnnc2)CC1. The fourth-order valence-electron chi connectivity index (χ4n) is 3.19. The lowest BCUT2D eigenvalue weighted by atomic mass is 9.97. The Balaban J connectivity index is 1.70. The van der Waals surface area contributed by atoms with E-state index < -0.39 is 31.9 Å². The number of benzene rings is 1. The van der Waals surface area contributed by atoms with Gasteiger partial charge in [-0.1, -0.05) is 12.1 Å². The molecule has 0 aliphatic carbocycles. The molecule has 1 saturated heterocycles. The van der Waals surface area contributed by atoms with Crippen molar-refractivity contribution in [1.82, 2.24) is 15.1 Å². The number of likely N-dealkylation sites (tertiary alicyclic amines) is 1. The highest BCUT2D eigenvalue weighted by atomic mass is 32.2. The molecule has 2 aromatic rings. The lowest BCUT2D eigenvalue weighted by Crippen LogP contribution is -2.47. The van der Waals surface area contributed by atoms with Gasteiger partial charge in [-0.3, -0.25) is 0 Å². The predicted octanol–water partition coefficient (Wildman–Crippen LogP) is 2.80. The number of carbonyl (C=O) groups is 1. The summed E-state index contributed by atoms with van der Waals surface area (Å²) in [6, 6.07) is 6.38. The van der Waals surface area contributed by atoms with Crippen LogP contribution < -0.4 is 10.1 Å². The molecule has 1 fully saturated rings. The van der Waals surface area contributed by atoms with E-state index in [0.717, 1.165) is 6.07 Å². The number of anilines is 1. The molecule has 8 nitrogen and oxygen atoms in total. The Morgan fingerprint density at radius 2 is 1.90 bits per heavy atom.